The number of para-hydroxylation sites is 1. The van der Waals surface area contributed by atoms with Crippen LogP contribution < -0.4 is 20.4 Å². The number of nitrogens with one attached hydrogen (secondary N) is 2. The van der Waals surface area contributed by atoms with E-state index in [0.717, 1.165) is 0 Å². The lowest BCUT2D eigenvalue weighted by molar-refractivity contribution is 0.158. The number of halogens is 9. The van der Waals surface area contributed by atoms with Gasteiger partial charge in [0.25, 0.3) is 0 Å². The van der Waals surface area contributed by atoms with Crippen molar-refractivity contribution in [3.05, 3.63) is 65.7 Å². The highest BCUT2D eigenvalue weighted by atomic mass is 35.6. The smallest absolute Gasteiger partial charge is 0.419 e. The van der Waals surface area contributed by atoms with E-state index < -0.39 is 49.5 Å². The summed E-state index contributed by atoms with van der Waals surface area (Å²) >= 11 is 52.0. The third-order valence-corrected chi connectivity index (χ3v) is 7.35. The maximum Gasteiger partial charge on any atom is 0.419 e. The van der Waals surface area contributed by atoms with Gasteiger partial charge in [0, 0.05) is 17.1 Å². The number of nitrogens with zero attached hydrogens (tertiary/aromatic N) is 2. The van der Waals surface area contributed by atoms with Crippen molar-refractivity contribution in [2.45, 2.75) is 25.2 Å². The number of fused-ring (bicyclic) bond motifs is 2. The van der Waals surface area contributed by atoms with E-state index >= 15 is 0 Å². The van der Waals surface area contributed by atoms with Gasteiger partial charge in [-0.15, -0.1) is 0 Å². The molecule has 2 N–H and O–H groups in total. The zero-order chi connectivity index (χ0) is 35.6. The third-order valence-electron chi connectivity index (χ3n) is 6.37. The Morgan fingerprint density at radius 3 is 1.40 bits per heavy atom. The van der Waals surface area contributed by atoms with Gasteiger partial charge in [0.05, 0.1) is 22.7 Å². The first-order valence-corrected chi connectivity index (χ1v) is 16.8. The van der Waals surface area contributed by atoms with Crippen molar-refractivity contribution in [3.63, 3.8) is 0 Å². The van der Waals surface area contributed by atoms with Crippen LogP contribution in [0.25, 0.3) is 0 Å². The molecule has 3 aromatic carbocycles. The number of ether oxygens (including phenoxy) is 3. The van der Waals surface area contributed by atoms with Crippen molar-refractivity contribution in [3.8, 4) is 0 Å². The number of rotatable bonds is 6. The molecule has 3 amide bonds. The van der Waals surface area contributed by atoms with Gasteiger partial charge in [-0.3, -0.25) is 10.6 Å². The summed E-state index contributed by atoms with van der Waals surface area (Å²) in [6.45, 7) is 1.79. The fourth-order valence-corrected chi connectivity index (χ4v) is 4.95. The third kappa shape index (κ3) is 10.4. The molecule has 0 spiro atoms. The summed E-state index contributed by atoms with van der Waals surface area (Å²) in [6.07, 6.45) is -2.69. The Morgan fingerprint density at radius 1 is 0.604 bits per heavy atom. The average Bonchev–Trinajstić information content (AvgIpc) is 2.97. The van der Waals surface area contributed by atoms with Gasteiger partial charge >= 0.3 is 18.3 Å². The largest absolute Gasteiger partial charge is 0.445 e. The molecule has 48 heavy (non-hydrogen) atoms. The molecular weight excluding hydrogens is 819 g/mol. The molecule has 258 valence electrons. The Labute approximate surface area is 320 Å². The van der Waals surface area contributed by atoms with Gasteiger partial charge in [-0.05, 0) is 61.4 Å². The van der Waals surface area contributed by atoms with E-state index in [2.05, 4.69) is 10.6 Å². The number of aryl methyl sites for hydroxylation is 2. The van der Waals surface area contributed by atoms with Crippen LogP contribution in [0.4, 0.5) is 54.2 Å². The van der Waals surface area contributed by atoms with Crippen LogP contribution in [0.2, 0.25) is 0 Å². The van der Waals surface area contributed by atoms with E-state index in [1.807, 2.05) is 18.2 Å². The Bertz CT molecular complexity index is 1610. The van der Waals surface area contributed by atoms with Gasteiger partial charge in [0.1, 0.15) is 19.8 Å². The second-order valence-corrected chi connectivity index (χ2v) is 17.7. The first-order chi connectivity index (χ1) is 22.2. The number of benzene rings is 3. The molecular formula is C29H23Cl9N4O6. The molecule has 3 aromatic rings. The average molecular weight is 843 g/mol. The first-order valence-electron chi connectivity index (χ1n) is 13.4. The normalized spacial score (nSPS) is 12.9. The Morgan fingerprint density at radius 2 is 1.00 bits per heavy atom. The summed E-state index contributed by atoms with van der Waals surface area (Å²) < 4.78 is 9.95. The Balaban J connectivity index is 1.88. The monoisotopic (exact) mass is 838 g/mol. The lowest BCUT2D eigenvalue weighted by Gasteiger charge is -2.40. The zero-order valence-electron chi connectivity index (χ0n) is 24.6. The van der Waals surface area contributed by atoms with Gasteiger partial charge in [0.2, 0.25) is 11.4 Å². The van der Waals surface area contributed by atoms with Crippen LogP contribution >= 0.6 is 104 Å². The fraction of sp³-hybridized carbons (Fsp3) is 0.276. The van der Waals surface area contributed by atoms with Gasteiger partial charge in [-0.2, -0.15) is 0 Å². The van der Waals surface area contributed by atoms with Crippen molar-refractivity contribution >= 4 is 162 Å². The van der Waals surface area contributed by atoms with Crippen LogP contribution in [0.1, 0.15) is 11.1 Å². The SMILES string of the molecule is Cc1cc2c(cc1NC(=O)OCC(Cl)(Cl)Cl)N(c1ccccc1)c1cc(NC(=O)OCC(Cl)(Cl)Cl)c(C)cc1N2C(=O)OCC(Cl)(Cl)Cl. The Hall–Kier alpha value is -2.12. The van der Waals surface area contributed by atoms with Crippen molar-refractivity contribution in [1.29, 1.82) is 0 Å². The summed E-state index contributed by atoms with van der Waals surface area (Å²) in [5.74, 6) is 0. The molecule has 0 fully saturated rings. The number of carbonyl (C=O) groups excluding carboxylic acids is 3. The maximum absolute atomic E-state index is 13.8. The summed E-state index contributed by atoms with van der Waals surface area (Å²) in [5, 5.41) is 5.27. The van der Waals surface area contributed by atoms with Gasteiger partial charge in [-0.1, -0.05) is 123 Å². The second-order valence-electron chi connectivity index (χ2n) is 10.1. The van der Waals surface area contributed by atoms with Gasteiger partial charge in [0.15, 0.2) is 0 Å². The predicted octanol–water partition coefficient (Wildman–Crippen LogP) is 11.6. The molecule has 4 rings (SSSR count). The highest BCUT2D eigenvalue weighted by Crippen LogP contribution is 2.54. The van der Waals surface area contributed by atoms with Crippen molar-refractivity contribution in [1.82, 2.24) is 0 Å². The predicted molar refractivity (Wildman–Crippen MR) is 195 cm³/mol. The maximum atomic E-state index is 13.8. The summed E-state index contributed by atoms with van der Waals surface area (Å²) in [7, 11) is 0. The number of anilines is 7. The lowest BCUT2D eigenvalue weighted by atomic mass is 10.0. The van der Waals surface area contributed by atoms with E-state index in [0.29, 0.717) is 50.9 Å². The molecule has 0 radical (unpaired) electrons. The summed E-state index contributed by atoms with van der Waals surface area (Å²) in [5.41, 5.74) is 3.69. The molecule has 0 bridgehead atoms. The molecule has 1 heterocycles. The Kier molecular flexibility index (Phi) is 12.4. The molecule has 10 nitrogen and oxygen atoms in total. The van der Waals surface area contributed by atoms with Crippen LogP contribution in [0.3, 0.4) is 0 Å². The molecule has 1 aliphatic rings. The minimum absolute atomic E-state index is 0.294. The van der Waals surface area contributed by atoms with Crippen molar-refractivity contribution < 1.29 is 28.6 Å². The lowest BCUT2D eigenvalue weighted by Crippen LogP contribution is -2.35. The first kappa shape index (κ1) is 38.7. The van der Waals surface area contributed by atoms with Crippen LogP contribution in [0, 0.1) is 13.8 Å². The van der Waals surface area contributed by atoms with Crippen molar-refractivity contribution in [2.24, 2.45) is 0 Å². The summed E-state index contributed by atoms with van der Waals surface area (Å²) in [6, 6.07) is 15.6. The van der Waals surface area contributed by atoms with Crippen molar-refractivity contribution in [2.75, 3.05) is 40.3 Å². The molecule has 0 aromatic heterocycles. The van der Waals surface area contributed by atoms with E-state index in [-0.39, 0.29) is 0 Å². The van der Waals surface area contributed by atoms with E-state index in [9.17, 15) is 14.4 Å². The van der Waals surface area contributed by atoms with Crippen LogP contribution in [0.15, 0.2) is 54.6 Å². The number of alkyl halides is 9. The second kappa shape index (κ2) is 15.4. The topological polar surface area (TPSA) is 109 Å². The molecule has 0 aliphatic carbocycles. The number of hydrogen-bond donors (Lipinski definition) is 2. The standard InChI is InChI=1S/C29H23Cl9N4O6/c1-15-8-20-22(10-18(15)39-24(43)46-12-27(30,31)32)41(17-6-4-3-5-7-17)23-11-19(40-25(44)47-13-28(33,34)35)16(2)9-21(23)42(20)26(45)48-14-29(36,37)38/h3-11H,12-14H2,1-2H3,(H,39,43)(H,40,44). The molecule has 0 saturated heterocycles. The van der Waals surface area contributed by atoms with E-state index in [1.54, 1.807) is 55.1 Å². The number of amides is 3. The van der Waals surface area contributed by atoms with Gasteiger partial charge < -0.3 is 19.1 Å². The minimum Gasteiger partial charge on any atom is -0.445 e. The molecule has 19 heteroatoms. The van der Waals surface area contributed by atoms with Crippen LogP contribution in [-0.4, -0.2) is 49.5 Å². The number of carbonyl (C=O) groups is 3. The quantitative estimate of drug-likeness (QED) is 0.188. The molecule has 0 saturated carbocycles. The fourth-order valence-electron chi connectivity index (χ4n) is 4.45. The van der Waals surface area contributed by atoms with E-state index in [4.69, 9.17) is 119 Å². The minimum atomic E-state index is -1.90. The highest BCUT2D eigenvalue weighted by molar-refractivity contribution is 6.68. The zero-order valence-corrected chi connectivity index (χ0v) is 31.4. The highest BCUT2D eigenvalue weighted by Gasteiger charge is 2.37. The molecule has 1 aliphatic heterocycles. The van der Waals surface area contributed by atoms with Crippen LogP contribution in [-0.2, 0) is 14.2 Å². The summed E-state index contributed by atoms with van der Waals surface area (Å²) in [4.78, 5) is 42.2. The molecule has 0 atom stereocenters. The van der Waals surface area contributed by atoms with Crippen LogP contribution in [0.5, 0.6) is 0 Å². The molecule has 0 unspecified atom stereocenters. The van der Waals surface area contributed by atoms with E-state index in [1.165, 1.54) is 4.90 Å². The van der Waals surface area contributed by atoms with Gasteiger partial charge in [-0.25, -0.2) is 19.3 Å². The number of hydrogen-bond acceptors (Lipinski definition) is 7.